The number of benzene rings is 1. The van der Waals surface area contributed by atoms with Gasteiger partial charge in [-0.1, -0.05) is 56.2 Å². The lowest BCUT2D eigenvalue weighted by atomic mass is 9.91. The van der Waals surface area contributed by atoms with Crippen LogP contribution in [0.25, 0.3) is 0 Å². The minimum Gasteiger partial charge on any atom is -0.392 e. The number of hydrogen-bond donors (Lipinski definition) is 1. The fourth-order valence-electron chi connectivity index (χ4n) is 1.78. The van der Waals surface area contributed by atoms with E-state index < -0.39 is 0 Å². The van der Waals surface area contributed by atoms with E-state index in [-0.39, 0.29) is 12.0 Å². The van der Waals surface area contributed by atoms with E-state index in [9.17, 15) is 5.11 Å². The SMILES string of the molecule is C=C[C@@H](c1ccccc1)[C@@H](O)CCCC. The Balaban J connectivity index is 2.67. The van der Waals surface area contributed by atoms with Gasteiger partial charge in [0.1, 0.15) is 0 Å². The van der Waals surface area contributed by atoms with Gasteiger partial charge < -0.3 is 5.11 Å². The standard InChI is InChI=1S/C14H20O/c1-3-5-11-14(15)13(4-2)12-9-7-6-8-10-12/h4,6-10,13-15H,2-3,5,11H2,1H3/t13-,14-/m0/s1. The van der Waals surface area contributed by atoms with Gasteiger partial charge >= 0.3 is 0 Å². The first-order valence-electron chi connectivity index (χ1n) is 5.65. The maximum Gasteiger partial charge on any atom is 0.0643 e. The largest absolute Gasteiger partial charge is 0.392 e. The molecule has 0 amide bonds. The van der Waals surface area contributed by atoms with Gasteiger partial charge in [0.2, 0.25) is 0 Å². The highest BCUT2D eigenvalue weighted by atomic mass is 16.3. The maximum absolute atomic E-state index is 10.0. The van der Waals surface area contributed by atoms with Crippen molar-refractivity contribution in [2.24, 2.45) is 0 Å². The number of rotatable bonds is 6. The van der Waals surface area contributed by atoms with E-state index in [1.54, 1.807) is 0 Å². The predicted molar refractivity (Wildman–Crippen MR) is 64.9 cm³/mol. The molecule has 1 heteroatoms. The third-order valence-electron chi connectivity index (χ3n) is 2.71. The monoisotopic (exact) mass is 204 g/mol. The Labute approximate surface area is 92.5 Å². The van der Waals surface area contributed by atoms with E-state index >= 15 is 0 Å². The number of unbranched alkanes of at least 4 members (excludes halogenated alkanes) is 1. The van der Waals surface area contributed by atoms with Gasteiger partial charge in [-0.15, -0.1) is 6.58 Å². The summed E-state index contributed by atoms with van der Waals surface area (Å²) in [5.74, 6) is 0.0674. The zero-order valence-electron chi connectivity index (χ0n) is 9.39. The molecule has 0 aromatic heterocycles. The highest BCUT2D eigenvalue weighted by Crippen LogP contribution is 2.23. The van der Waals surface area contributed by atoms with Crippen molar-refractivity contribution in [1.29, 1.82) is 0 Å². The minimum absolute atomic E-state index is 0.0674. The second kappa shape index (κ2) is 6.41. The van der Waals surface area contributed by atoms with Gasteiger partial charge in [0.05, 0.1) is 6.10 Å². The van der Waals surface area contributed by atoms with Crippen molar-refractivity contribution in [3.05, 3.63) is 48.6 Å². The highest BCUT2D eigenvalue weighted by molar-refractivity contribution is 5.24. The number of aliphatic hydroxyl groups excluding tert-OH is 1. The summed E-state index contributed by atoms with van der Waals surface area (Å²) in [4.78, 5) is 0. The Morgan fingerprint density at radius 1 is 1.33 bits per heavy atom. The molecule has 0 saturated heterocycles. The molecular weight excluding hydrogens is 184 g/mol. The molecular formula is C14H20O. The summed E-state index contributed by atoms with van der Waals surface area (Å²) in [5.41, 5.74) is 1.15. The molecule has 82 valence electrons. The molecule has 0 aliphatic carbocycles. The summed E-state index contributed by atoms with van der Waals surface area (Å²) in [5, 5.41) is 10.0. The fraction of sp³-hybridized carbons (Fsp3) is 0.429. The highest BCUT2D eigenvalue weighted by Gasteiger charge is 2.16. The summed E-state index contributed by atoms with van der Waals surface area (Å²) >= 11 is 0. The predicted octanol–water partition coefficient (Wildman–Crippen LogP) is 3.51. The lowest BCUT2D eigenvalue weighted by Crippen LogP contribution is -2.16. The molecule has 0 bridgehead atoms. The molecule has 0 unspecified atom stereocenters. The van der Waals surface area contributed by atoms with E-state index in [0.717, 1.165) is 24.8 Å². The smallest absolute Gasteiger partial charge is 0.0643 e. The van der Waals surface area contributed by atoms with Gasteiger partial charge in [0.25, 0.3) is 0 Å². The summed E-state index contributed by atoms with van der Waals surface area (Å²) in [6, 6.07) is 10.1. The molecule has 0 fully saturated rings. The van der Waals surface area contributed by atoms with Gasteiger partial charge in [-0.2, -0.15) is 0 Å². The molecule has 1 rings (SSSR count). The van der Waals surface area contributed by atoms with E-state index in [1.807, 2.05) is 36.4 Å². The third kappa shape index (κ3) is 3.52. The first-order valence-corrected chi connectivity index (χ1v) is 5.65. The van der Waals surface area contributed by atoms with Crippen LogP contribution in [0.4, 0.5) is 0 Å². The molecule has 0 heterocycles. The molecule has 0 saturated carbocycles. The lowest BCUT2D eigenvalue weighted by molar-refractivity contribution is 0.146. The molecule has 0 spiro atoms. The van der Waals surface area contributed by atoms with Crippen LogP contribution >= 0.6 is 0 Å². The maximum atomic E-state index is 10.0. The average Bonchev–Trinajstić information content (AvgIpc) is 2.29. The molecule has 0 aliphatic rings. The zero-order chi connectivity index (χ0) is 11.1. The Bertz CT molecular complexity index is 279. The molecule has 1 aromatic rings. The molecule has 1 N–H and O–H groups in total. The molecule has 15 heavy (non-hydrogen) atoms. The van der Waals surface area contributed by atoms with Crippen LogP contribution in [-0.2, 0) is 0 Å². The van der Waals surface area contributed by atoms with Crippen LogP contribution in [0.3, 0.4) is 0 Å². The van der Waals surface area contributed by atoms with Crippen LogP contribution in [0.2, 0.25) is 0 Å². The average molecular weight is 204 g/mol. The summed E-state index contributed by atoms with van der Waals surface area (Å²) < 4.78 is 0. The second-order valence-corrected chi connectivity index (χ2v) is 3.88. The van der Waals surface area contributed by atoms with Crippen molar-refractivity contribution in [3.8, 4) is 0 Å². The fourth-order valence-corrected chi connectivity index (χ4v) is 1.78. The molecule has 2 atom stereocenters. The van der Waals surface area contributed by atoms with Crippen molar-refractivity contribution in [2.75, 3.05) is 0 Å². The molecule has 0 aliphatic heterocycles. The zero-order valence-corrected chi connectivity index (χ0v) is 9.39. The van der Waals surface area contributed by atoms with Gasteiger partial charge in [0.15, 0.2) is 0 Å². The first-order chi connectivity index (χ1) is 7.29. The van der Waals surface area contributed by atoms with Gasteiger partial charge in [-0.3, -0.25) is 0 Å². The topological polar surface area (TPSA) is 20.2 Å². The summed E-state index contributed by atoms with van der Waals surface area (Å²) in [6.45, 7) is 5.94. The van der Waals surface area contributed by atoms with Crippen molar-refractivity contribution in [3.63, 3.8) is 0 Å². The van der Waals surface area contributed by atoms with Gasteiger partial charge in [-0.25, -0.2) is 0 Å². The van der Waals surface area contributed by atoms with E-state index in [0.29, 0.717) is 0 Å². The van der Waals surface area contributed by atoms with E-state index in [2.05, 4.69) is 13.5 Å². The van der Waals surface area contributed by atoms with Crippen LogP contribution in [-0.4, -0.2) is 11.2 Å². The van der Waals surface area contributed by atoms with Crippen LogP contribution in [0, 0.1) is 0 Å². The van der Waals surface area contributed by atoms with E-state index in [1.165, 1.54) is 0 Å². The second-order valence-electron chi connectivity index (χ2n) is 3.88. The van der Waals surface area contributed by atoms with Crippen molar-refractivity contribution in [2.45, 2.75) is 38.2 Å². The summed E-state index contributed by atoms with van der Waals surface area (Å²) in [6.07, 6.45) is 4.58. The quantitative estimate of drug-likeness (QED) is 0.703. The normalized spacial score (nSPS) is 14.5. The van der Waals surface area contributed by atoms with Crippen LogP contribution in [0.1, 0.15) is 37.7 Å². The summed E-state index contributed by atoms with van der Waals surface area (Å²) in [7, 11) is 0. The third-order valence-corrected chi connectivity index (χ3v) is 2.71. The van der Waals surface area contributed by atoms with Crippen molar-refractivity contribution >= 4 is 0 Å². The minimum atomic E-state index is -0.301. The Hall–Kier alpha value is -1.08. The van der Waals surface area contributed by atoms with Crippen LogP contribution < -0.4 is 0 Å². The molecule has 0 radical (unpaired) electrons. The van der Waals surface area contributed by atoms with Crippen LogP contribution in [0.15, 0.2) is 43.0 Å². The Morgan fingerprint density at radius 3 is 2.53 bits per heavy atom. The number of aliphatic hydroxyl groups is 1. The van der Waals surface area contributed by atoms with E-state index in [4.69, 9.17) is 0 Å². The van der Waals surface area contributed by atoms with Gasteiger partial charge in [-0.05, 0) is 12.0 Å². The number of hydrogen-bond acceptors (Lipinski definition) is 1. The Morgan fingerprint density at radius 2 is 2.00 bits per heavy atom. The van der Waals surface area contributed by atoms with Crippen LogP contribution in [0.5, 0.6) is 0 Å². The lowest BCUT2D eigenvalue weighted by Gasteiger charge is -2.19. The molecule has 1 nitrogen and oxygen atoms in total. The molecule has 1 aromatic carbocycles. The van der Waals surface area contributed by atoms with Gasteiger partial charge in [0, 0.05) is 5.92 Å². The first kappa shape index (κ1) is 12.0. The van der Waals surface area contributed by atoms with Crippen molar-refractivity contribution < 1.29 is 5.11 Å². The Kier molecular flexibility index (Phi) is 5.13. The van der Waals surface area contributed by atoms with Crippen molar-refractivity contribution in [1.82, 2.24) is 0 Å².